The van der Waals surface area contributed by atoms with Gasteiger partial charge in [0.1, 0.15) is 16.6 Å². The summed E-state index contributed by atoms with van der Waals surface area (Å²) in [6.07, 6.45) is 1.46. The molecular weight excluding hydrogens is 315 g/mol. The minimum Gasteiger partial charge on any atom is -0.468 e. The largest absolute Gasteiger partial charge is 0.468 e. The summed E-state index contributed by atoms with van der Waals surface area (Å²) in [6.45, 7) is 0.0646. The van der Waals surface area contributed by atoms with Crippen molar-refractivity contribution in [3.63, 3.8) is 0 Å². The van der Waals surface area contributed by atoms with Crippen LogP contribution in [0, 0.1) is 5.82 Å². The van der Waals surface area contributed by atoms with Gasteiger partial charge >= 0.3 is 0 Å². The molecule has 0 aliphatic heterocycles. The van der Waals surface area contributed by atoms with Crippen molar-refractivity contribution in [2.75, 3.05) is 7.05 Å². The van der Waals surface area contributed by atoms with Gasteiger partial charge in [-0.1, -0.05) is 12.2 Å². The molecule has 0 saturated heterocycles. The smallest absolute Gasteiger partial charge is 0.243 e. The lowest BCUT2D eigenvalue weighted by Gasteiger charge is -2.16. The third kappa shape index (κ3) is 3.29. The molecule has 0 unspecified atom stereocenters. The molecule has 0 aliphatic rings. The van der Waals surface area contributed by atoms with E-state index in [-0.39, 0.29) is 22.0 Å². The van der Waals surface area contributed by atoms with E-state index in [0.717, 1.165) is 16.4 Å². The number of sulfonamides is 1. The molecule has 1 heterocycles. The molecule has 0 fully saturated rings. The maximum atomic E-state index is 13.5. The molecule has 2 rings (SSSR count). The zero-order valence-corrected chi connectivity index (χ0v) is 12.7. The van der Waals surface area contributed by atoms with Crippen molar-refractivity contribution >= 4 is 27.2 Å². The van der Waals surface area contributed by atoms with Crippen LogP contribution in [-0.4, -0.2) is 24.8 Å². The maximum absolute atomic E-state index is 13.5. The number of nitrogens with two attached hydrogens (primary N) is 1. The van der Waals surface area contributed by atoms with Crippen LogP contribution in [0.3, 0.4) is 0 Å². The Morgan fingerprint density at radius 3 is 2.71 bits per heavy atom. The Bertz CT molecular complexity index is 758. The van der Waals surface area contributed by atoms with Crippen molar-refractivity contribution < 1.29 is 17.2 Å². The number of furan rings is 1. The molecule has 0 amide bonds. The number of rotatable bonds is 5. The second kappa shape index (κ2) is 5.92. The van der Waals surface area contributed by atoms with Crippen LogP contribution in [0.4, 0.5) is 4.39 Å². The van der Waals surface area contributed by atoms with Gasteiger partial charge in [0, 0.05) is 12.6 Å². The third-order valence-electron chi connectivity index (χ3n) is 2.87. The molecule has 0 bridgehead atoms. The first-order valence-electron chi connectivity index (χ1n) is 5.90. The van der Waals surface area contributed by atoms with Crippen LogP contribution in [0.2, 0.25) is 0 Å². The quantitative estimate of drug-likeness (QED) is 0.848. The number of halogens is 1. The van der Waals surface area contributed by atoms with E-state index in [4.69, 9.17) is 22.4 Å². The number of nitrogens with zero attached hydrogens (tertiary/aromatic N) is 1. The van der Waals surface area contributed by atoms with E-state index in [9.17, 15) is 12.8 Å². The highest BCUT2D eigenvalue weighted by atomic mass is 32.2. The van der Waals surface area contributed by atoms with Gasteiger partial charge in [-0.15, -0.1) is 0 Å². The molecule has 0 atom stereocenters. The molecule has 1 aromatic heterocycles. The van der Waals surface area contributed by atoms with Gasteiger partial charge in [-0.05, 0) is 30.3 Å². The normalized spacial score (nSPS) is 11.8. The number of hydrogen-bond donors (Lipinski definition) is 1. The van der Waals surface area contributed by atoms with Gasteiger partial charge in [-0.3, -0.25) is 0 Å². The number of thiocarbonyl (C=S) groups is 1. The SMILES string of the molecule is CN(Cc1ccco1)S(=O)(=O)c1ccc(F)c(C(N)=S)c1. The maximum Gasteiger partial charge on any atom is 0.243 e. The van der Waals surface area contributed by atoms with Crippen molar-refractivity contribution in [2.45, 2.75) is 11.4 Å². The van der Waals surface area contributed by atoms with Gasteiger partial charge in [-0.25, -0.2) is 12.8 Å². The van der Waals surface area contributed by atoms with E-state index in [1.165, 1.54) is 19.4 Å². The second-order valence-electron chi connectivity index (χ2n) is 4.35. The average molecular weight is 328 g/mol. The van der Waals surface area contributed by atoms with Crippen LogP contribution < -0.4 is 5.73 Å². The van der Waals surface area contributed by atoms with Crippen LogP contribution in [0.5, 0.6) is 0 Å². The first-order chi connectivity index (χ1) is 9.82. The lowest BCUT2D eigenvalue weighted by atomic mass is 10.2. The average Bonchev–Trinajstić information content (AvgIpc) is 2.91. The van der Waals surface area contributed by atoms with Gasteiger partial charge in [0.25, 0.3) is 0 Å². The second-order valence-corrected chi connectivity index (χ2v) is 6.83. The standard InChI is InChI=1S/C13H13FN2O3S2/c1-16(8-9-3-2-6-19-9)21(17,18)10-4-5-12(14)11(7-10)13(15)20/h2-7H,8H2,1H3,(H2,15,20). The Labute approximate surface area is 127 Å². The molecule has 1 aromatic carbocycles. The Morgan fingerprint density at radius 1 is 1.43 bits per heavy atom. The van der Waals surface area contributed by atoms with Gasteiger partial charge < -0.3 is 10.2 Å². The molecule has 21 heavy (non-hydrogen) atoms. The molecular formula is C13H13FN2O3S2. The summed E-state index contributed by atoms with van der Waals surface area (Å²) in [4.78, 5) is -0.279. The Balaban J connectivity index is 2.35. The fraction of sp³-hybridized carbons (Fsp3) is 0.154. The molecule has 112 valence electrons. The van der Waals surface area contributed by atoms with Crippen LogP contribution in [-0.2, 0) is 16.6 Å². The minimum absolute atomic E-state index is 0.0646. The Hall–Kier alpha value is -1.77. The summed E-state index contributed by atoms with van der Waals surface area (Å²) in [5.41, 5.74) is 5.28. The predicted molar refractivity (Wildman–Crippen MR) is 79.6 cm³/mol. The lowest BCUT2D eigenvalue weighted by molar-refractivity contribution is 0.406. The molecule has 0 spiro atoms. The highest BCUT2D eigenvalue weighted by Gasteiger charge is 2.23. The highest BCUT2D eigenvalue weighted by Crippen LogP contribution is 2.20. The molecule has 0 saturated carbocycles. The van der Waals surface area contributed by atoms with E-state index in [1.807, 2.05) is 0 Å². The first kappa shape index (κ1) is 15.6. The number of benzene rings is 1. The van der Waals surface area contributed by atoms with Crippen molar-refractivity contribution in [1.29, 1.82) is 0 Å². The fourth-order valence-electron chi connectivity index (χ4n) is 1.74. The highest BCUT2D eigenvalue weighted by molar-refractivity contribution is 7.89. The molecule has 8 heteroatoms. The molecule has 5 nitrogen and oxygen atoms in total. The van der Waals surface area contributed by atoms with Crippen molar-refractivity contribution in [3.05, 3.63) is 53.7 Å². The van der Waals surface area contributed by atoms with Crippen LogP contribution in [0.1, 0.15) is 11.3 Å². The molecule has 2 N–H and O–H groups in total. The topological polar surface area (TPSA) is 76.5 Å². The fourth-order valence-corrected chi connectivity index (χ4v) is 3.06. The summed E-state index contributed by atoms with van der Waals surface area (Å²) in [5, 5.41) is 0. The van der Waals surface area contributed by atoms with E-state index in [0.29, 0.717) is 5.76 Å². The minimum atomic E-state index is -3.80. The molecule has 0 radical (unpaired) electrons. The van der Waals surface area contributed by atoms with Crippen molar-refractivity contribution in [1.82, 2.24) is 4.31 Å². The monoisotopic (exact) mass is 328 g/mol. The van der Waals surface area contributed by atoms with Gasteiger partial charge in [0.05, 0.1) is 17.7 Å². The summed E-state index contributed by atoms with van der Waals surface area (Å²) < 4.78 is 44.6. The third-order valence-corrected chi connectivity index (χ3v) is 4.89. The lowest BCUT2D eigenvalue weighted by Crippen LogP contribution is -2.26. The van der Waals surface area contributed by atoms with Crippen molar-refractivity contribution in [3.8, 4) is 0 Å². The van der Waals surface area contributed by atoms with Gasteiger partial charge in [0.2, 0.25) is 10.0 Å². The zero-order valence-electron chi connectivity index (χ0n) is 11.1. The van der Waals surface area contributed by atoms with E-state index in [2.05, 4.69) is 0 Å². The van der Waals surface area contributed by atoms with E-state index in [1.54, 1.807) is 12.1 Å². The number of hydrogen-bond acceptors (Lipinski definition) is 4. The van der Waals surface area contributed by atoms with Gasteiger partial charge in [0.15, 0.2) is 0 Å². The summed E-state index contributed by atoms with van der Waals surface area (Å²) in [5.74, 6) is -0.159. The predicted octanol–water partition coefficient (Wildman–Crippen LogP) is 1.87. The summed E-state index contributed by atoms with van der Waals surface area (Å²) >= 11 is 4.71. The first-order valence-corrected chi connectivity index (χ1v) is 7.75. The van der Waals surface area contributed by atoms with Crippen LogP contribution >= 0.6 is 12.2 Å². The summed E-state index contributed by atoms with van der Waals surface area (Å²) in [7, 11) is -2.39. The van der Waals surface area contributed by atoms with Crippen LogP contribution in [0.25, 0.3) is 0 Å². The van der Waals surface area contributed by atoms with E-state index < -0.39 is 15.8 Å². The Kier molecular flexibility index (Phi) is 4.40. The van der Waals surface area contributed by atoms with Crippen molar-refractivity contribution in [2.24, 2.45) is 5.73 Å². The zero-order chi connectivity index (χ0) is 15.6. The van der Waals surface area contributed by atoms with Gasteiger partial charge in [-0.2, -0.15) is 4.31 Å². The Morgan fingerprint density at radius 2 is 2.14 bits per heavy atom. The molecule has 2 aromatic rings. The van der Waals surface area contributed by atoms with E-state index >= 15 is 0 Å². The van der Waals surface area contributed by atoms with Crippen LogP contribution in [0.15, 0.2) is 45.9 Å². The molecule has 0 aliphatic carbocycles. The summed E-state index contributed by atoms with van der Waals surface area (Å²) in [6, 6.07) is 6.66.